The first-order valence-electron chi connectivity index (χ1n) is 5.60. The first-order valence-corrected chi connectivity index (χ1v) is 5.98. The van der Waals surface area contributed by atoms with Gasteiger partial charge in [0.15, 0.2) is 0 Å². The maximum atomic E-state index is 6.11. The van der Waals surface area contributed by atoms with Crippen LogP contribution in [0.1, 0.15) is 25.8 Å². The van der Waals surface area contributed by atoms with Crippen molar-refractivity contribution in [3.8, 4) is 5.75 Å². The molecule has 0 bridgehead atoms. The third-order valence-corrected chi connectivity index (χ3v) is 3.05. The molecule has 0 aliphatic rings. The van der Waals surface area contributed by atoms with Crippen LogP contribution in [-0.2, 0) is 0 Å². The normalized spacial score (nSPS) is 14.6. The molecule has 1 rings (SSSR count). The molecule has 0 aliphatic carbocycles. The SMILES string of the molecule is CCC(C)(CNC)Oc1cc(C)ccc1Cl. The van der Waals surface area contributed by atoms with Crippen molar-refractivity contribution in [2.45, 2.75) is 32.8 Å². The van der Waals surface area contributed by atoms with Crippen LogP contribution >= 0.6 is 11.6 Å². The van der Waals surface area contributed by atoms with Gasteiger partial charge in [0, 0.05) is 6.54 Å². The van der Waals surface area contributed by atoms with Gasteiger partial charge in [-0.3, -0.25) is 0 Å². The number of halogens is 1. The molecule has 1 aromatic carbocycles. The van der Waals surface area contributed by atoms with Crippen molar-refractivity contribution in [3.63, 3.8) is 0 Å². The summed E-state index contributed by atoms with van der Waals surface area (Å²) in [4.78, 5) is 0. The fraction of sp³-hybridized carbons (Fsp3) is 0.538. The summed E-state index contributed by atoms with van der Waals surface area (Å²) in [6, 6.07) is 5.84. The summed E-state index contributed by atoms with van der Waals surface area (Å²) in [5, 5.41) is 3.81. The van der Waals surface area contributed by atoms with E-state index in [1.165, 1.54) is 0 Å². The van der Waals surface area contributed by atoms with Crippen molar-refractivity contribution in [2.75, 3.05) is 13.6 Å². The molecule has 2 nitrogen and oxygen atoms in total. The maximum Gasteiger partial charge on any atom is 0.139 e. The minimum atomic E-state index is -0.216. The fourth-order valence-electron chi connectivity index (χ4n) is 1.56. The molecule has 16 heavy (non-hydrogen) atoms. The molecule has 0 amide bonds. The average molecular weight is 242 g/mol. The van der Waals surface area contributed by atoms with Crippen molar-refractivity contribution in [2.24, 2.45) is 0 Å². The number of nitrogens with one attached hydrogen (secondary N) is 1. The quantitative estimate of drug-likeness (QED) is 0.853. The van der Waals surface area contributed by atoms with E-state index in [9.17, 15) is 0 Å². The van der Waals surface area contributed by atoms with Crippen molar-refractivity contribution in [3.05, 3.63) is 28.8 Å². The lowest BCUT2D eigenvalue weighted by Gasteiger charge is -2.30. The second-order valence-corrected chi connectivity index (χ2v) is 4.78. The predicted molar refractivity (Wildman–Crippen MR) is 69.4 cm³/mol. The number of likely N-dealkylation sites (N-methyl/N-ethyl adjacent to an activating group) is 1. The van der Waals surface area contributed by atoms with Crippen LogP contribution in [0.25, 0.3) is 0 Å². The summed E-state index contributed by atoms with van der Waals surface area (Å²) in [5.41, 5.74) is 0.939. The van der Waals surface area contributed by atoms with E-state index in [0.717, 1.165) is 24.3 Å². The molecule has 0 aliphatic heterocycles. The lowest BCUT2D eigenvalue weighted by atomic mass is 10.0. The molecule has 1 atom stereocenters. The summed E-state index contributed by atoms with van der Waals surface area (Å²) < 4.78 is 6.01. The first-order chi connectivity index (χ1) is 7.50. The lowest BCUT2D eigenvalue weighted by molar-refractivity contribution is 0.0859. The van der Waals surface area contributed by atoms with E-state index >= 15 is 0 Å². The Morgan fingerprint density at radius 1 is 1.44 bits per heavy atom. The van der Waals surface area contributed by atoms with Crippen molar-refractivity contribution in [1.82, 2.24) is 5.32 Å². The Kier molecular flexibility index (Phi) is 4.63. The molecule has 0 spiro atoms. The first kappa shape index (κ1) is 13.3. The van der Waals surface area contributed by atoms with Crippen LogP contribution in [0.15, 0.2) is 18.2 Å². The van der Waals surface area contributed by atoms with Crippen LogP contribution in [0.2, 0.25) is 5.02 Å². The Morgan fingerprint density at radius 2 is 2.12 bits per heavy atom. The van der Waals surface area contributed by atoms with Gasteiger partial charge in [0.05, 0.1) is 5.02 Å². The Morgan fingerprint density at radius 3 is 2.69 bits per heavy atom. The summed E-state index contributed by atoms with van der Waals surface area (Å²) in [6.45, 7) is 7.03. The molecular formula is C13H20ClNO. The highest BCUT2D eigenvalue weighted by molar-refractivity contribution is 6.32. The smallest absolute Gasteiger partial charge is 0.139 e. The van der Waals surface area contributed by atoms with Crippen LogP contribution in [-0.4, -0.2) is 19.2 Å². The third-order valence-electron chi connectivity index (χ3n) is 2.74. The monoisotopic (exact) mass is 241 g/mol. The molecule has 90 valence electrons. The molecule has 0 radical (unpaired) electrons. The number of benzene rings is 1. The number of ether oxygens (including phenoxy) is 1. The zero-order valence-electron chi connectivity index (χ0n) is 10.4. The summed E-state index contributed by atoms with van der Waals surface area (Å²) >= 11 is 6.11. The van der Waals surface area contributed by atoms with Gasteiger partial charge < -0.3 is 10.1 Å². The number of hydrogen-bond acceptors (Lipinski definition) is 2. The molecular weight excluding hydrogens is 222 g/mol. The van der Waals surface area contributed by atoms with E-state index in [0.29, 0.717) is 5.02 Å². The van der Waals surface area contributed by atoms with E-state index in [4.69, 9.17) is 16.3 Å². The van der Waals surface area contributed by atoms with E-state index in [-0.39, 0.29) is 5.60 Å². The molecule has 0 aromatic heterocycles. The minimum Gasteiger partial charge on any atom is -0.485 e. The van der Waals surface area contributed by atoms with Crippen LogP contribution in [0.3, 0.4) is 0 Å². The van der Waals surface area contributed by atoms with Gasteiger partial charge in [-0.05, 0) is 45.0 Å². The molecule has 3 heteroatoms. The average Bonchev–Trinajstić information content (AvgIpc) is 2.24. The van der Waals surface area contributed by atoms with E-state index in [1.54, 1.807) is 0 Å². The van der Waals surface area contributed by atoms with Crippen molar-refractivity contribution >= 4 is 11.6 Å². The largest absolute Gasteiger partial charge is 0.485 e. The van der Waals surface area contributed by atoms with Gasteiger partial charge in [-0.2, -0.15) is 0 Å². The minimum absolute atomic E-state index is 0.216. The highest BCUT2D eigenvalue weighted by Gasteiger charge is 2.24. The van der Waals surface area contributed by atoms with Crippen LogP contribution in [0.5, 0.6) is 5.75 Å². The van der Waals surface area contributed by atoms with Crippen LogP contribution in [0.4, 0.5) is 0 Å². The number of rotatable bonds is 5. The zero-order chi connectivity index (χ0) is 12.2. The van der Waals surface area contributed by atoms with Crippen LogP contribution in [0, 0.1) is 6.92 Å². The third kappa shape index (κ3) is 3.39. The van der Waals surface area contributed by atoms with Crippen molar-refractivity contribution < 1.29 is 4.74 Å². The van der Waals surface area contributed by atoms with Crippen molar-refractivity contribution in [1.29, 1.82) is 0 Å². The van der Waals surface area contributed by atoms with Gasteiger partial charge in [0.1, 0.15) is 11.4 Å². The standard InChI is InChI=1S/C13H20ClNO/c1-5-13(3,9-15-4)16-12-8-10(2)6-7-11(12)14/h6-8,15H,5,9H2,1-4H3. The van der Waals surface area contributed by atoms with Gasteiger partial charge in [-0.1, -0.05) is 24.6 Å². The lowest BCUT2D eigenvalue weighted by Crippen LogP contribution is -2.41. The zero-order valence-corrected chi connectivity index (χ0v) is 11.2. The van der Waals surface area contributed by atoms with Gasteiger partial charge in [-0.15, -0.1) is 0 Å². The van der Waals surface area contributed by atoms with E-state index < -0.39 is 0 Å². The molecule has 1 N–H and O–H groups in total. The van der Waals surface area contributed by atoms with Gasteiger partial charge in [0.25, 0.3) is 0 Å². The molecule has 0 heterocycles. The Labute approximate surface area is 103 Å². The Hall–Kier alpha value is -0.730. The van der Waals surface area contributed by atoms with E-state index in [1.807, 2.05) is 32.2 Å². The molecule has 0 saturated heterocycles. The molecule has 1 unspecified atom stereocenters. The molecule has 0 fully saturated rings. The fourth-order valence-corrected chi connectivity index (χ4v) is 1.72. The predicted octanol–water partition coefficient (Wildman–Crippen LogP) is 3.42. The highest BCUT2D eigenvalue weighted by Crippen LogP contribution is 2.29. The Balaban J connectivity index is 2.89. The van der Waals surface area contributed by atoms with Gasteiger partial charge in [-0.25, -0.2) is 0 Å². The maximum absolute atomic E-state index is 6.11. The highest BCUT2D eigenvalue weighted by atomic mass is 35.5. The number of hydrogen-bond donors (Lipinski definition) is 1. The Bertz CT molecular complexity index is 354. The summed E-state index contributed by atoms with van der Waals surface area (Å²) in [5.74, 6) is 0.765. The summed E-state index contributed by atoms with van der Waals surface area (Å²) in [6.07, 6.45) is 0.929. The second kappa shape index (κ2) is 5.55. The molecule has 1 aromatic rings. The van der Waals surface area contributed by atoms with Crippen LogP contribution < -0.4 is 10.1 Å². The summed E-state index contributed by atoms with van der Waals surface area (Å²) in [7, 11) is 1.93. The number of aryl methyl sites for hydroxylation is 1. The second-order valence-electron chi connectivity index (χ2n) is 4.37. The van der Waals surface area contributed by atoms with Gasteiger partial charge >= 0.3 is 0 Å². The molecule has 0 saturated carbocycles. The van der Waals surface area contributed by atoms with E-state index in [2.05, 4.69) is 19.2 Å². The topological polar surface area (TPSA) is 21.3 Å². The van der Waals surface area contributed by atoms with Gasteiger partial charge in [0.2, 0.25) is 0 Å².